The first-order chi connectivity index (χ1) is 7.35. The number of aliphatic hydroxyl groups is 1. The molecule has 0 saturated heterocycles. The van der Waals surface area contributed by atoms with E-state index in [9.17, 15) is 9.36 Å². The van der Waals surface area contributed by atoms with E-state index in [1.165, 1.54) is 6.20 Å². The van der Waals surface area contributed by atoms with Crippen molar-refractivity contribution in [1.82, 2.24) is 4.98 Å². The van der Waals surface area contributed by atoms with Crippen molar-refractivity contribution >= 4 is 20.7 Å². The van der Waals surface area contributed by atoms with Crippen LogP contribution < -0.4 is 16.0 Å². The molecule has 0 radical (unpaired) electrons. The summed E-state index contributed by atoms with van der Waals surface area (Å²) in [5.41, 5.74) is -0.433. The zero-order valence-corrected chi connectivity index (χ0v) is 8.98. The Balaban J connectivity index is 3.18. The monoisotopic (exact) mass is 247 g/mol. The summed E-state index contributed by atoms with van der Waals surface area (Å²) in [5.74, 6) is 0. The molecular weight excluding hydrogens is 237 g/mol. The predicted octanol–water partition coefficient (Wildman–Crippen LogP) is -1.31. The average Bonchev–Trinajstić information content (AvgIpc) is 2.18. The van der Waals surface area contributed by atoms with Gasteiger partial charge in [-0.25, -0.2) is 4.57 Å². The van der Waals surface area contributed by atoms with Crippen LogP contribution in [0.2, 0.25) is 0 Å². The molecule has 16 heavy (non-hydrogen) atoms. The number of pyridine rings is 1. The fourth-order valence-electron chi connectivity index (χ4n) is 1.04. The Kier molecular flexibility index (Phi) is 3.66. The Morgan fingerprint density at radius 1 is 1.56 bits per heavy atom. The van der Waals surface area contributed by atoms with Gasteiger partial charge in [0.25, 0.3) is 0 Å². The molecule has 1 aromatic rings. The number of aromatic nitrogens is 1. The highest BCUT2D eigenvalue weighted by Gasteiger charge is 2.14. The van der Waals surface area contributed by atoms with Crippen molar-refractivity contribution in [3.63, 3.8) is 0 Å². The summed E-state index contributed by atoms with van der Waals surface area (Å²) >= 11 is 0. The second kappa shape index (κ2) is 4.63. The van der Waals surface area contributed by atoms with Gasteiger partial charge in [-0.05, 0) is 0 Å². The Morgan fingerprint density at radius 2 is 2.19 bits per heavy atom. The minimum Gasteiger partial charge on any atom is -0.515 e. The van der Waals surface area contributed by atoms with Gasteiger partial charge in [-0.2, -0.15) is 0 Å². The van der Waals surface area contributed by atoms with E-state index in [0.29, 0.717) is 6.26 Å². The first-order valence-corrected chi connectivity index (χ1v) is 5.62. The van der Waals surface area contributed by atoms with Gasteiger partial charge < -0.3 is 19.9 Å². The first kappa shape index (κ1) is 12.7. The molecule has 0 aromatic carbocycles. The van der Waals surface area contributed by atoms with Crippen molar-refractivity contribution in [1.29, 1.82) is 0 Å². The molecule has 0 aliphatic rings. The summed E-state index contributed by atoms with van der Waals surface area (Å²) in [6.45, 7) is 2.89. The van der Waals surface area contributed by atoms with Gasteiger partial charge in [0.05, 0.1) is 23.4 Å². The Hall–Kier alpha value is -1.40. The second-order valence-electron chi connectivity index (χ2n) is 2.93. The van der Waals surface area contributed by atoms with Gasteiger partial charge in [0, 0.05) is 11.8 Å². The molecular formula is C8H10NO6P. The van der Waals surface area contributed by atoms with Crippen LogP contribution >= 0.6 is 7.82 Å². The Labute approximate surface area is 89.6 Å². The third kappa shape index (κ3) is 3.04. The van der Waals surface area contributed by atoms with Crippen molar-refractivity contribution in [2.75, 3.05) is 0 Å². The fourth-order valence-corrected chi connectivity index (χ4v) is 1.35. The summed E-state index contributed by atoms with van der Waals surface area (Å²) in [7, 11) is -4.62. The normalized spacial score (nSPS) is 13.0. The summed E-state index contributed by atoms with van der Waals surface area (Å²) in [5, 5.41) is 8.78. The SMILES string of the molecule is C=c1[nH]cc(COP(=O)(O)O)/c(=C/O)c1=O. The maximum Gasteiger partial charge on any atom is 0.469 e. The van der Waals surface area contributed by atoms with Gasteiger partial charge in [0.1, 0.15) is 0 Å². The largest absolute Gasteiger partial charge is 0.515 e. The molecule has 1 aromatic heterocycles. The number of hydrogen-bond acceptors (Lipinski definition) is 4. The van der Waals surface area contributed by atoms with E-state index >= 15 is 0 Å². The lowest BCUT2D eigenvalue weighted by Crippen LogP contribution is -2.41. The van der Waals surface area contributed by atoms with Crippen LogP contribution in [0.1, 0.15) is 5.56 Å². The molecule has 0 bridgehead atoms. The van der Waals surface area contributed by atoms with Crippen LogP contribution in [0.5, 0.6) is 0 Å². The van der Waals surface area contributed by atoms with Crippen LogP contribution in [0.3, 0.4) is 0 Å². The maximum atomic E-state index is 11.4. The van der Waals surface area contributed by atoms with Gasteiger partial charge in [0.2, 0.25) is 5.43 Å². The summed E-state index contributed by atoms with van der Waals surface area (Å²) < 4.78 is 14.7. The Bertz CT molecular complexity index is 586. The fraction of sp³-hybridized carbons (Fsp3) is 0.125. The number of phosphoric ester groups is 1. The quantitative estimate of drug-likeness (QED) is 0.492. The molecule has 0 spiro atoms. The van der Waals surface area contributed by atoms with Crippen LogP contribution in [0.4, 0.5) is 0 Å². The van der Waals surface area contributed by atoms with Crippen molar-refractivity contribution < 1.29 is 24.0 Å². The molecule has 0 atom stereocenters. The van der Waals surface area contributed by atoms with Crippen LogP contribution in [0, 0.1) is 0 Å². The van der Waals surface area contributed by atoms with Crippen LogP contribution in [-0.4, -0.2) is 19.9 Å². The number of H-pyrrole nitrogens is 1. The molecule has 0 fully saturated rings. The van der Waals surface area contributed by atoms with E-state index in [1.807, 2.05) is 0 Å². The minimum atomic E-state index is -4.62. The number of rotatable bonds is 3. The van der Waals surface area contributed by atoms with Crippen LogP contribution in [0.15, 0.2) is 11.0 Å². The number of aliphatic hydroxyl groups excluding tert-OH is 1. The molecule has 1 rings (SSSR count). The number of nitrogens with one attached hydrogen (secondary N) is 1. The highest BCUT2D eigenvalue weighted by molar-refractivity contribution is 7.46. The van der Waals surface area contributed by atoms with Gasteiger partial charge in [-0.3, -0.25) is 9.32 Å². The highest BCUT2D eigenvalue weighted by atomic mass is 31.2. The third-order valence-electron chi connectivity index (χ3n) is 1.80. The van der Waals surface area contributed by atoms with E-state index < -0.39 is 19.9 Å². The summed E-state index contributed by atoms with van der Waals surface area (Å²) in [4.78, 5) is 30.9. The van der Waals surface area contributed by atoms with Gasteiger partial charge in [-0.1, -0.05) is 6.58 Å². The predicted molar refractivity (Wildman–Crippen MR) is 55.8 cm³/mol. The zero-order chi connectivity index (χ0) is 12.3. The first-order valence-electron chi connectivity index (χ1n) is 4.09. The molecule has 0 saturated carbocycles. The van der Waals surface area contributed by atoms with Crippen molar-refractivity contribution in [2.45, 2.75) is 6.61 Å². The van der Waals surface area contributed by atoms with E-state index in [-0.39, 0.29) is 16.1 Å². The van der Waals surface area contributed by atoms with Crippen LogP contribution in [-0.2, 0) is 15.7 Å². The Morgan fingerprint density at radius 3 is 2.69 bits per heavy atom. The molecule has 0 aliphatic heterocycles. The summed E-state index contributed by atoms with van der Waals surface area (Å²) in [6, 6.07) is 0. The second-order valence-corrected chi connectivity index (χ2v) is 4.17. The maximum absolute atomic E-state index is 11.4. The highest BCUT2D eigenvalue weighted by Crippen LogP contribution is 2.36. The van der Waals surface area contributed by atoms with E-state index in [1.54, 1.807) is 0 Å². The molecule has 0 unspecified atom stereocenters. The lowest BCUT2D eigenvalue weighted by molar-refractivity contribution is 0.188. The van der Waals surface area contributed by atoms with Gasteiger partial charge >= 0.3 is 7.82 Å². The number of aromatic amines is 1. The lowest BCUT2D eigenvalue weighted by Gasteiger charge is -2.05. The molecule has 0 amide bonds. The molecule has 4 N–H and O–H groups in total. The van der Waals surface area contributed by atoms with Crippen molar-refractivity contribution in [3.8, 4) is 0 Å². The molecule has 88 valence electrons. The van der Waals surface area contributed by atoms with Crippen molar-refractivity contribution in [3.05, 3.63) is 32.6 Å². The summed E-state index contributed by atoms with van der Waals surface area (Å²) in [6.07, 6.45) is 1.82. The zero-order valence-electron chi connectivity index (χ0n) is 8.08. The number of hydrogen-bond donors (Lipinski definition) is 4. The number of phosphoric acid groups is 1. The smallest absolute Gasteiger partial charge is 0.469 e. The van der Waals surface area contributed by atoms with Crippen LogP contribution in [0.25, 0.3) is 12.8 Å². The third-order valence-corrected chi connectivity index (χ3v) is 2.27. The molecule has 0 aliphatic carbocycles. The van der Waals surface area contributed by atoms with Crippen molar-refractivity contribution in [2.24, 2.45) is 0 Å². The van der Waals surface area contributed by atoms with E-state index in [2.05, 4.69) is 16.1 Å². The van der Waals surface area contributed by atoms with Gasteiger partial charge in [-0.15, -0.1) is 0 Å². The van der Waals surface area contributed by atoms with E-state index in [4.69, 9.17) is 14.9 Å². The minimum absolute atomic E-state index is 0.0558. The average molecular weight is 247 g/mol. The topological polar surface area (TPSA) is 120 Å². The lowest BCUT2D eigenvalue weighted by atomic mass is 10.2. The standard InChI is InChI=1S/C8H10NO6P/c1-5-8(11)7(3-10)6(2-9-5)4-15-16(12,13)14/h2-3,9-10H,1,4H2,(H2,12,13,14)/b7-3-. The molecule has 8 heteroatoms. The van der Waals surface area contributed by atoms with Gasteiger partial charge in [0.15, 0.2) is 0 Å². The molecule has 7 nitrogen and oxygen atoms in total. The van der Waals surface area contributed by atoms with E-state index in [0.717, 1.165) is 0 Å². The molecule has 1 heterocycles.